The van der Waals surface area contributed by atoms with Crippen LogP contribution in [-0.4, -0.2) is 49.6 Å². The van der Waals surface area contributed by atoms with Crippen LogP contribution in [0.3, 0.4) is 0 Å². The minimum absolute atomic E-state index is 0.229. The molecule has 0 N–H and O–H groups in total. The summed E-state index contributed by atoms with van der Waals surface area (Å²) in [6.45, 7) is 4.94. The second kappa shape index (κ2) is 7.73. The molecule has 0 spiro atoms. The lowest BCUT2D eigenvalue weighted by Crippen LogP contribution is -2.48. The number of nitrogens with zero attached hydrogens (tertiary/aromatic N) is 2. The Labute approximate surface area is 136 Å². The second-order valence-corrected chi connectivity index (χ2v) is 8.08. The van der Waals surface area contributed by atoms with Gasteiger partial charge in [0.2, 0.25) is 10.0 Å². The molecule has 1 aliphatic rings. The molecular weight excluding hydrogens is 327 g/mol. The van der Waals surface area contributed by atoms with Gasteiger partial charge in [0, 0.05) is 37.7 Å². The molecule has 0 bridgehead atoms. The lowest BCUT2D eigenvalue weighted by Gasteiger charge is -2.34. The second-order valence-electron chi connectivity index (χ2n) is 5.58. The third kappa shape index (κ3) is 4.65. The van der Waals surface area contributed by atoms with Gasteiger partial charge in [0.25, 0.3) is 0 Å². The summed E-state index contributed by atoms with van der Waals surface area (Å²) >= 11 is 6.03. The van der Waals surface area contributed by atoms with Crippen LogP contribution in [-0.2, 0) is 16.6 Å². The third-order valence-electron chi connectivity index (χ3n) is 3.89. The first-order chi connectivity index (χ1) is 10.4. The summed E-state index contributed by atoms with van der Waals surface area (Å²) in [5.74, 6) is -0.117. The maximum absolute atomic E-state index is 13.0. The summed E-state index contributed by atoms with van der Waals surface area (Å²) in [5.41, 5.74) is 0.866. The number of sulfonamides is 1. The third-order valence-corrected chi connectivity index (χ3v) is 6.20. The minimum atomic E-state index is -3.12. The largest absolute Gasteiger partial charge is 0.296 e. The highest BCUT2D eigenvalue weighted by Gasteiger charge is 2.26. The summed E-state index contributed by atoms with van der Waals surface area (Å²) in [7, 11) is -3.12. The zero-order valence-electron chi connectivity index (χ0n) is 12.8. The van der Waals surface area contributed by atoms with Gasteiger partial charge in [-0.25, -0.2) is 12.8 Å². The van der Waals surface area contributed by atoms with Crippen LogP contribution >= 0.6 is 11.6 Å². The Balaban J connectivity index is 1.89. The molecule has 0 aliphatic carbocycles. The molecule has 0 saturated carbocycles. The predicted molar refractivity (Wildman–Crippen MR) is 87.0 cm³/mol. The van der Waals surface area contributed by atoms with E-state index in [-0.39, 0.29) is 11.6 Å². The van der Waals surface area contributed by atoms with Crippen LogP contribution < -0.4 is 0 Å². The van der Waals surface area contributed by atoms with Gasteiger partial charge in [-0.3, -0.25) is 4.90 Å². The summed E-state index contributed by atoms with van der Waals surface area (Å²) in [6, 6.07) is 4.39. The van der Waals surface area contributed by atoms with E-state index in [9.17, 15) is 12.8 Å². The van der Waals surface area contributed by atoms with Gasteiger partial charge in [-0.05, 0) is 24.1 Å². The van der Waals surface area contributed by atoms with E-state index < -0.39 is 10.0 Å². The number of unbranched alkanes of at least 4 members (excludes halogenated alkanes) is 1. The van der Waals surface area contributed by atoms with Gasteiger partial charge in [0.1, 0.15) is 5.82 Å². The quantitative estimate of drug-likeness (QED) is 0.793. The average molecular weight is 349 g/mol. The van der Waals surface area contributed by atoms with Gasteiger partial charge in [0.05, 0.1) is 5.75 Å². The molecule has 0 aromatic heterocycles. The fourth-order valence-electron chi connectivity index (χ4n) is 2.51. The van der Waals surface area contributed by atoms with E-state index in [1.165, 1.54) is 12.1 Å². The molecule has 1 fully saturated rings. The summed E-state index contributed by atoms with van der Waals surface area (Å²) in [6.07, 6.45) is 1.58. The first kappa shape index (κ1) is 17.7. The topological polar surface area (TPSA) is 40.6 Å². The van der Waals surface area contributed by atoms with Gasteiger partial charge in [0.15, 0.2) is 0 Å². The molecular formula is C15H22ClFN2O2S. The monoisotopic (exact) mass is 348 g/mol. The fourth-order valence-corrected chi connectivity index (χ4v) is 4.37. The fraction of sp³-hybridized carbons (Fsp3) is 0.600. The van der Waals surface area contributed by atoms with Crippen molar-refractivity contribution < 1.29 is 12.8 Å². The standard InChI is InChI=1S/C15H22ClFN2O2S/c1-2-3-10-22(20,21)19-8-6-18(7-9-19)12-13-4-5-14(17)11-15(13)16/h4-5,11H,2-3,6-10,12H2,1H3. The highest BCUT2D eigenvalue weighted by molar-refractivity contribution is 7.89. The molecule has 7 heteroatoms. The van der Waals surface area contributed by atoms with Crippen LogP contribution in [0.5, 0.6) is 0 Å². The number of rotatable bonds is 6. The van der Waals surface area contributed by atoms with Crippen LogP contribution in [0, 0.1) is 5.82 Å². The molecule has 1 saturated heterocycles. The Bertz CT molecular complexity index is 602. The zero-order valence-corrected chi connectivity index (χ0v) is 14.3. The molecule has 1 heterocycles. The van der Waals surface area contributed by atoms with Gasteiger partial charge in [-0.1, -0.05) is 31.0 Å². The van der Waals surface area contributed by atoms with Crippen molar-refractivity contribution in [2.75, 3.05) is 31.9 Å². The lowest BCUT2D eigenvalue weighted by molar-refractivity contribution is 0.181. The molecule has 2 rings (SSSR count). The van der Waals surface area contributed by atoms with Crippen LogP contribution in [0.2, 0.25) is 5.02 Å². The van der Waals surface area contributed by atoms with Crippen LogP contribution in [0.25, 0.3) is 0 Å². The van der Waals surface area contributed by atoms with E-state index in [0.717, 1.165) is 12.0 Å². The van der Waals surface area contributed by atoms with E-state index in [4.69, 9.17) is 11.6 Å². The number of benzene rings is 1. The molecule has 1 aliphatic heterocycles. The van der Waals surface area contributed by atoms with Crippen LogP contribution in [0.1, 0.15) is 25.3 Å². The van der Waals surface area contributed by atoms with Crippen molar-refractivity contribution in [2.24, 2.45) is 0 Å². The molecule has 0 atom stereocenters. The van der Waals surface area contributed by atoms with E-state index in [1.807, 2.05) is 6.92 Å². The van der Waals surface area contributed by atoms with Crippen LogP contribution in [0.4, 0.5) is 4.39 Å². The zero-order chi connectivity index (χ0) is 16.2. The van der Waals surface area contributed by atoms with Crippen molar-refractivity contribution in [3.63, 3.8) is 0 Å². The summed E-state index contributed by atoms with van der Waals surface area (Å²) in [5, 5.41) is 0.415. The molecule has 4 nitrogen and oxygen atoms in total. The predicted octanol–water partition coefficient (Wildman–Crippen LogP) is 2.73. The molecule has 0 radical (unpaired) electrons. The van der Waals surface area contributed by atoms with E-state index in [0.29, 0.717) is 44.2 Å². The normalized spacial score (nSPS) is 17.8. The Morgan fingerprint density at radius 3 is 2.50 bits per heavy atom. The number of hydrogen-bond acceptors (Lipinski definition) is 3. The molecule has 0 amide bonds. The molecule has 124 valence electrons. The SMILES string of the molecule is CCCCS(=O)(=O)N1CCN(Cc2ccc(F)cc2Cl)CC1. The Morgan fingerprint density at radius 1 is 1.23 bits per heavy atom. The first-order valence-electron chi connectivity index (χ1n) is 7.56. The smallest absolute Gasteiger partial charge is 0.214 e. The first-order valence-corrected chi connectivity index (χ1v) is 9.55. The summed E-state index contributed by atoms with van der Waals surface area (Å²) < 4.78 is 38.9. The molecule has 1 aromatic carbocycles. The van der Waals surface area contributed by atoms with Crippen molar-refractivity contribution in [2.45, 2.75) is 26.3 Å². The number of piperazine rings is 1. The maximum atomic E-state index is 13.0. The highest BCUT2D eigenvalue weighted by atomic mass is 35.5. The number of halogens is 2. The van der Waals surface area contributed by atoms with E-state index in [2.05, 4.69) is 4.90 Å². The molecule has 22 heavy (non-hydrogen) atoms. The van der Waals surface area contributed by atoms with Crippen molar-refractivity contribution in [1.29, 1.82) is 0 Å². The van der Waals surface area contributed by atoms with Gasteiger partial charge < -0.3 is 0 Å². The van der Waals surface area contributed by atoms with Crippen molar-refractivity contribution >= 4 is 21.6 Å². The molecule has 0 unspecified atom stereocenters. The average Bonchev–Trinajstić information content (AvgIpc) is 2.49. The Kier molecular flexibility index (Phi) is 6.20. The minimum Gasteiger partial charge on any atom is -0.296 e. The Hall–Kier alpha value is -0.690. The van der Waals surface area contributed by atoms with Crippen LogP contribution in [0.15, 0.2) is 18.2 Å². The highest BCUT2D eigenvalue weighted by Crippen LogP contribution is 2.20. The van der Waals surface area contributed by atoms with Crippen molar-refractivity contribution in [3.05, 3.63) is 34.6 Å². The molecule has 1 aromatic rings. The Morgan fingerprint density at radius 2 is 1.91 bits per heavy atom. The van der Waals surface area contributed by atoms with E-state index in [1.54, 1.807) is 10.4 Å². The number of hydrogen-bond donors (Lipinski definition) is 0. The van der Waals surface area contributed by atoms with Gasteiger partial charge in [-0.2, -0.15) is 4.31 Å². The summed E-state index contributed by atoms with van der Waals surface area (Å²) in [4.78, 5) is 2.14. The lowest BCUT2D eigenvalue weighted by atomic mass is 10.2. The maximum Gasteiger partial charge on any atom is 0.214 e. The van der Waals surface area contributed by atoms with E-state index >= 15 is 0 Å². The van der Waals surface area contributed by atoms with Gasteiger partial charge >= 0.3 is 0 Å². The van der Waals surface area contributed by atoms with Crippen molar-refractivity contribution in [1.82, 2.24) is 9.21 Å². The van der Waals surface area contributed by atoms with Crippen molar-refractivity contribution in [3.8, 4) is 0 Å². The van der Waals surface area contributed by atoms with Gasteiger partial charge in [-0.15, -0.1) is 0 Å².